The summed E-state index contributed by atoms with van der Waals surface area (Å²) in [6, 6.07) is 17.9. The zero-order valence-corrected chi connectivity index (χ0v) is 12.5. The molecule has 0 aliphatic heterocycles. The van der Waals surface area contributed by atoms with Crippen molar-refractivity contribution >= 4 is 33.0 Å². The Morgan fingerprint density at radius 2 is 1.80 bits per heavy atom. The number of aliphatic hydroxyl groups is 1. The van der Waals surface area contributed by atoms with Crippen LogP contribution in [0.15, 0.2) is 60.0 Å². The fourth-order valence-electron chi connectivity index (χ4n) is 2.60. The van der Waals surface area contributed by atoms with Crippen LogP contribution in [-0.2, 0) is 5.60 Å². The number of benzene rings is 2. The van der Waals surface area contributed by atoms with Crippen molar-refractivity contribution in [3.05, 3.63) is 71.1 Å². The highest BCUT2D eigenvalue weighted by atomic mass is 35.5. The molecule has 0 aliphatic carbocycles. The van der Waals surface area contributed by atoms with Crippen LogP contribution in [0.4, 0.5) is 0 Å². The molecule has 1 atom stereocenters. The Morgan fingerprint density at radius 3 is 2.55 bits per heavy atom. The quantitative estimate of drug-likeness (QED) is 0.689. The molecule has 0 amide bonds. The second kappa shape index (κ2) is 5.57. The van der Waals surface area contributed by atoms with Gasteiger partial charge >= 0.3 is 0 Å². The molecule has 3 heteroatoms. The van der Waals surface area contributed by atoms with Gasteiger partial charge in [0.2, 0.25) is 0 Å². The van der Waals surface area contributed by atoms with Crippen molar-refractivity contribution in [3.8, 4) is 0 Å². The number of alkyl halides is 1. The van der Waals surface area contributed by atoms with Gasteiger partial charge in [0.05, 0.1) is 0 Å². The van der Waals surface area contributed by atoms with Crippen molar-refractivity contribution in [1.29, 1.82) is 0 Å². The average Bonchev–Trinajstić information content (AvgIpc) is 2.96. The number of halogens is 1. The Labute approximate surface area is 127 Å². The van der Waals surface area contributed by atoms with E-state index in [4.69, 9.17) is 11.6 Å². The van der Waals surface area contributed by atoms with E-state index in [0.29, 0.717) is 12.3 Å². The molecule has 3 rings (SSSR count). The molecule has 0 saturated heterocycles. The normalized spacial score (nSPS) is 14.3. The predicted molar refractivity (Wildman–Crippen MR) is 86.6 cm³/mol. The van der Waals surface area contributed by atoms with Gasteiger partial charge in [-0.25, -0.2) is 0 Å². The van der Waals surface area contributed by atoms with E-state index < -0.39 is 5.60 Å². The second-order valence-electron chi connectivity index (χ2n) is 4.81. The van der Waals surface area contributed by atoms with Gasteiger partial charge in [0, 0.05) is 16.1 Å². The van der Waals surface area contributed by atoms with E-state index >= 15 is 0 Å². The first-order chi connectivity index (χ1) is 9.75. The van der Waals surface area contributed by atoms with Crippen LogP contribution >= 0.6 is 22.9 Å². The molecule has 20 heavy (non-hydrogen) atoms. The van der Waals surface area contributed by atoms with Crippen molar-refractivity contribution < 1.29 is 5.11 Å². The van der Waals surface area contributed by atoms with Crippen molar-refractivity contribution in [2.45, 2.75) is 12.0 Å². The molecule has 1 nitrogen and oxygen atoms in total. The number of fused-ring (bicyclic) bond motifs is 1. The van der Waals surface area contributed by atoms with Crippen molar-refractivity contribution in [2.75, 3.05) is 5.88 Å². The van der Waals surface area contributed by atoms with E-state index in [2.05, 4.69) is 17.5 Å². The van der Waals surface area contributed by atoms with Crippen LogP contribution in [0.25, 0.3) is 10.1 Å². The highest BCUT2D eigenvalue weighted by Gasteiger charge is 2.32. The average molecular weight is 303 g/mol. The number of thiophene rings is 1. The molecule has 1 aromatic heterocycles. The van der Waals surface area contributed by atoms with E-state index in [0.717, 1.165) is 21.2 Å². The van der Waals surface area contributed by atoms with Gasteiger partial charge in [-0.05, 0) is 28.8 Å². The summed E-state index contributed by atoms with van der Waals surface area (Å²) in [5.74, 6) is 0.410. The highest BCUT2D eigenvalue weighted by Crippen LogP contribution is 2.39. The summed E-state index contributed by atoms with van der Waals surface area (Å²) < 4.78 is 1.13. The first kappa shape index (κ1) is 13.6. The Morgan fingerprint density at radius 1 is 1.00 bits per heavy atom. The lowest BCUT2D eigenvalue weighted by Crippen LogP contribution is -2.28. The number of hydrogen-bond donors (Lipinski definition) is 1. The van der Waals surface area contributed by atoms with E-state index in [1.807, 2.05) is 42.5 Å². The summed E-state index contributed by atoms with van der Waals surface area (Å²) in [6.07, 6.45) is 0.496. The Kier molecular flexibility index (Phi) is 3.79. The van der Waals surface area contributed by atoms with Gasteiger partial charge in [0.15, 0.2) is 0 Å². The van der Waals surface area contributed by atoms with Gasteiger partial charge in [-0.15, -0.1) is 22.9 Å². The van der Waals surface area contributed by atoms with Crippen molar-refractivity contribution in [1.82, 2.24) is 0 Å². The third kappa shape index (κ3) is 2.24. The maximum Gasteiger partial charge on any atom is 0.117 e. The standard InChI is InChI=1S/C17H15ClOS/c18-11-10-17(19,14-6-2-1-3-7-14)15-8-4-5-13-9-12-20-16(13)15/h1-9,12,19H,10-11H2. The molecule has 0 radical (unpaired) electrons. The summed E-state index contributed by atoms with van der Waals surface area (Å²) in [5.41, 5.74) is 0.798. The van der Waals surface area contributed by atoms with Gasteiger partial charge in [-0.2, -0.15) is 0 Å². The van der Waals surface area contributed by atoms with Crippen molar-refractivity contribution in [2.24, 2.45) is 0 Å². The smallest absolute Gasteiger partial charge is 0.117 e. The summed E-state index contributed by atoms with van der Waals surface area (Å²) in [7, 11) is 0. The molecule has 0 aliphatic rings. The van der Waals surface area contributed by atoms with Crippen LogP contribution < -0.4 is 0 Å². The van der Waals surface area contributed by atoms with Crippen LogP contribution in [0.1, 0.15) is 17.5 Å². The highest BCUT2D eigenvalue weighted by molar-refractivity contribution is 7.17. The minimum Gasteiger partial charge on any atom is -0.380 e. The Bertz CT molecular complexity index is 707. The number of rotatable bonds is 4. The summed E-state index contributed by atoms with van der Waals surface area (Å²) in [4.78, 5) is 0. The summed E-state index contributed by atoms with van der Waals surface area (Å²) >= 11 is 7.61. The molecule has 2 aromatic carbocycles. The molecule has 1 N–H and O–H groups in total. The molecular formula is C17H15ClOS. The van der Waals surface area contributed by atoms with E-state index in [9.17, 15) is 5.11 Å². The third-order valence-corrected chi connectivity index (χ3v) is 4.78. The van der Waals surface area contributed by atoms with E-state index in [1.54, 1.807) is 11.3 Å². The molecule has 0 fully saturated rings. The molecular weight excluding hydrogens is 288 g/mol. The second-order valence-corrected chi connectivity index (χ2v) is 6.10. The molecule has 102 valence electrons. The monoisotopic (exact) mass is 302 g/mol. The zero-order chi connectivity index (χ0) is 14.0. The SMILES string of the molecule is OC(CCCl)(c1ccccc1)c1cccc2ccsc12. The molecule has 0 bridgehead atoms. The topological polar surface area (TPSA) is 20.2 Å². The minimum atomic E-state index is -1.03. The van der Waals surface area contributed by atoms with Crippen LogP contribution in [0.5, 0.6) is 0 Å². The maximum absolute atomic E-state index is 11.3. The van der Waals surface area contributed by atoms with Crippen LogP contribution in [-0.4, -0.2) is 11.0 Å². The van der Waals surface area contributed by atoms with Gasteiger partial charge < -0.3 is 5.11 Å². The maximum atomic E-state index is 11.3. The van der Waals surface area contributed by atoms with E-state index in [1.165, 1.54) is 0 Å². The fraction of sp³-hybridized carbons (Fsp3) is 0.176. The molecule has 3 aromatic rings. The predicted octanol–water partition coefficient (Wildman–Crippen LogP) is 4.77. The lowest BCUT2D eigenvalue weighted by molar-refractivity contribution is 0.0792. The van der Waals surface area contributed by atoms with Gasteiger partial charge in [0.25, 0.3) is 0 Å². The molecule has 1 heterocycles. The summed E-state index contributed by atoms with van der Waals surface area (Å²) in [6.45, 7) is 0. The van der Waals surface area contributed by atoms with E-state index in [-0.39, 0.29) is 0 Å². The number of hydrogen-bond acceptors (Lipinski definition) is 2. The first-order valence-electron chi connectivity index (χ1n) is 6.56. The molecule has 0 spiro atoms. The van der Waals surface area contributed by atoms with Gasteiger partial charge in [0.1, 0.15) is 5.60 Å². The van der Waals surface area contributed by atoms with Crippen LogP contribution in [0.2, 0.25) is 0 Å². The van der Waals surface area contributed by atoms with Crippen molar-refractivity contribution in [3.63, 3.8) is 0 Å². The van der Waals surface area contributed by atoms with Gasteiger partial charge in [-0.1, -0.05) is 48.5 Å². The Hall–Kier alpha value is -1.35. The molecule has 1 unspecified atom stereocenters. The Balaban J connectivity index is 2.23. The first-order valence-corrected chi connectivity index (χ1v) is 7.98. The van der Waals surface area contributed by atoms with Gasteiger partial charge in [-0.3, -0.25) is 0 Å². The lowest BCUT2D eigenvalue weighted by Gasteiger charge is -2.29. The van der Waals surface area contributed by atoms with Crippen LogP contribution in [0, 0.1) is 0 Å². The van der Waals surface area contributed by atoms with Crippen LogP contribution in [0.3, 0.4) is 0 Å². The zero-order valence-electron chi connectivity index (χ0n) is 10.9. The fourth-order valence-corrected chi connectivity index (χ4v) is 3.86. The lowest BCUT2D eigenvalue weighted by atomic mass is 9.84. The minimum absolute atomic E-state index is 0.410. The molecule has 0 saturated carbocycles. The third-order valence-electron chi connectivity index (χ3n) is 3.63. The largest absolute Gasteiger partial charge is 0.380 e. The summed E-state index contributed by atoms with van der Waals surface area (Å²) in [5, 5.41) is 14.5.